The van der Waals surface area contributed by atoms with Crippen LogP contribution in [0.5, 0.6) is 0 Å². The summed E-state index contributed by atoms with van der Waals surface area (Å²) in [4.78, 5) is 22.6. The molecule has 0 aliphatic heterocycles. The van der Waals surface area contributed by atoms with Gasteiger partial charge < -0.3 is 10.6 Å². The topological polar surface area (TPSA) is 58.2 Å². The first kappa shape index (κ1) is 13.8. The van der Waals surface area contributed by atoms with Crippen LogP contribution in [-0.2, 0) is 4.79 Å². The first-order chi connectivity index (χ1) is 9.60. The Bertz CT molecular complexity index is 651. The molecule has 2 rings (SSSR count). The van der Waals surface area contributed by atoms with E-state index in [1.807, 2.05) is 32.0 Å². The van der Waals surface area contributed by atoms with Gasteiger partial charge in [0.15, 0.2) is 0 Å². The van der Waals surface area contributed by atoms with E-state index in [9.17, 15) is 9.59 Å². The molecule has 0 aromatic heterocycles. The fourth-order valence-corrected chi connectivity index (χ4v) is 1.97. The number of carbonyl (C=O) groups is 2. The van der Waals surface area contributed by atoms with Crippen molar-refractivity contribution in [2.45, 2.75) is 13.8 Å². The van der Waals surface area contributed by atoms with Crippen LogP contribution in [-0.4, -0.2) is 12.3 Å². The predicted molar refractivity (Wildman–Crippen MR) is 80.0 cm³/mol. The smallest absolute Gasteiger partial charge is 0.255 e. The van der Waals surface area contributed by atoms with Crippen LogP contribution >= 0.6 is 0 Å². The molecule has 20 heavy (non-hydrogen) atoms. The van der Waals surface area contributed by atoms with Gasteiger partial charge in [-0.25, -0.2) is 0 Å². The Morgan fingerprint density at radius 2 is 1.90 bits per heavy atom. The number of benzene rings is 2. The van der Waals surface area contributed by atoms with Gasteiger partial charge in [0, 0.05) is 16.9 Å². The number of nitrogens with one attached hydrogen (secondary N) is 2. The molecule has 0 heterocycles. The molecule has 0 aliphatic carbocycles. The highest BCUT2D eigenvalue weighted by molar-refractivity contribution is 6.05. The molecule has 4 nitrogen and oxygen atoms in total. The quantitative estimate of drug-likeness (QED) is 0.837. The van der Waals surface area contributed by atoms with Gasteiger partial charge in [-0.2, -0.15) is 0 Å². The number of amides is 2. The van der Waals surface area contributed by atoms with Gasteiger partial charge in [0.05, 0.1) is 0 Å². The molecule has 2 aromatic carbocycles. The Morgan fingerprint density at radius 1 is 1.10 bits per heavy atom. The standard InChI is InChI=1S/C16H16N2O2/c1-11-6-7-15(12(2)8-11)18-16(20)13-4-3-5-14(9-13)17-10-19/h3-10H,1-2H3,(H,17,19)(H,18,20). The van der Waals surface area contributed by atoms with Crippen molar-refractivity contribution in [3.8, 4) is 0 Å². The maximum absolute atomic E-state index is 12.2. The maximum atomic E-state index is 12.2. The summed E-state index contributed by atoms with van der Waals surface area (Å²) in [5, 5.41) is 5.39. The van der Waals surface area contributed by atoms with Gasteiger partial charge in [-0.05, 0) is 43.7 Å². The van der Waals surface area contributed by atoms with Crippen molar-refractivity contribution in [1.82, 2.24) is 0 Å². The number of anilines is 2. The lowest BCUT2D eigenvalue weighted by Crippen LogP contribution is -2.13. The molecule has 2 aromatic rings. The lowest BCUT2D eigenvalue weighted by molar-refractivity contribution is -0.105. The minimum Gasteiger partial charge on any atom is -0.329 e. The van der Waals surface area contributed by atoms with Crippen molar-refractivity contribution in [2.75, 3.05) is 10.6 Å². The molecule has 4 heteroatoms. The first-order valence-corrected chi connectivity index (χ1v) is 6.29. The number of rotatable bonds is 4. The molecule has 0 fully saturated rings. The minimum absolute atomic E-state index is 0.202. The molecule has 0 spiro atoms. The van der Waals surface area contributed by atoms with Crippen molar-refractivity contribution >= 4 is 23.7 Å². The van der Waals surface area contributed by atoms with E-state index in [2.05, 4.69) is 10.6 Å². The summed E-state index contributed by atoms with van der Waals surface area (Å²) in [7, 11) is 0. The fraction of sp³-hybridized carbons (Fsp3) is 0.125. The second kappa shape index (κ2) is 6.02. The molecule has 2 amide bonds. The van der Waals surface area contributed by atoms with E-state index < -0.39 is 0 Å². The third-order valence-corrected chi connectivity index (χ3v) is 2.98. The number of hydrogen-bond donors (Lipinski definition) is 2. The average Bonchev–Trinajstić information content (AvgIpc) is 2.42. The van der Waals surface area contributed by atoms with E-state index in [1.165, 1.54) is 0 Å². The summed E-state index contributed by atoms with van der Waals surface area (Å²) >= 11 is 0. The van der Waals surface area contributed by atoms with Crippen LogP contribution in [0.15, 0.2) is 42.5 Å². The van der Waals surface area contributed by atoms with E-state index in [0.29, 0.717) is 17.7 Å². The molecular formula is C16H16N2O2. The maximum Gasteiger partial charge on any atom is 0.255 e. The summed E-state index contributed by atoms with van der Waals surface area (Å²) in [6.07, 6.45) is 0.584. The monoisotopic (exact) mass is 268 g/mol. The van der Waals surface area contributed by atoms with Crippen LogP contribution in [0, 0.1) is 13.8 Å². The molecule has 0 radical (unpaired) electrons. The van der Waals surface area contributed by atoms with Gasteiger partial charge in [-0.3, -0.25) is 9.59 Å². The van der Waals surface area contributed by atoms with Crippen molar-refractivity contribution < 1.29 is 9.59 Å². The number of carbonyl (C=O) groups excluding carboxylic acids is 2. The van der Waals surface area contributed by atoms with Crippen molar-refractivity contribution in [3.05, 3.63) is 59.2 Å². The van der Waals surface area contributed by atoms with Gasteiger partial charge >= 0.3 is 0 Å². The van der Waals surface area contributed by atoms with Crippen LogP contribution in [0.3, 0.4) is 0 Å². The highest BCUT2D eigenvalue weighted by Gasteiger charge is 2.08. The summed E-state index contributed by atoms with van der Waals surface area (Å²) in [5.41, 5.74) is 4.04. The first-order valence-electron chi connectivity index (χ1n) is 6.29. The summed E-state index contributed by atoms with van der Waals surface area (Å²) in [6, 6.07) is 12.6. The third-order valence-electron chi connectivity index (χ3n) is 2.98. The minimum atomic E-state index is -0.202. The average molecular weight is 268 g/mol. The molecule has 0 atom stereocenters. The molecular weight excluding hydrogens is 252 g/mol. The summed E-state index contributed by atoms with van der Waals surface area (Å²) in [6.45, 7) is 3.96. The number of hydrogen-bond acceptors (Lipinski definition) is 2. The van der Waals surface area contributed by atoms with Crippen molar-refractivity contribution in [3.63, 3.8) is 0 Å². The molecule has 0 saturated carbocycles. The normalized spacial score (nSPS) is 9.90. The lowest BCUT2D eigenvalue weighted by atomic mass is 10.1. The number of aryl methyl sites for hydroxylation is 2. The van der Waals surface area contributed by atoms with Crippen LogP contribution in [0.2, 0.25) is 0 Å². The second-order valence-electron chi connectivity index (χ2n) is 4.62. The fourth-order valence-electron chi connectivity index (χ4n) is 1.97. The highest BCUT2D eigenvalue weighted by atomic mass is 16.1. The van der Waals surface area contributed by atoms with E-state index >= 15 is 0 Å². The second-order valence-corrected chi connectivity index (χ2v) is 4.62. The molecule has 0 bridgehead atoms. The van der Waals surface area contributed by atoms with Gasteiger partial charge in [-0.1, -0.05) is 23.8 Å². The van der Waals surface area contributed by atoms with Crippen LogP contribution < -0.4 is 10.6 Å². The van der Waals surface area contributed by atoms with Crippen LogP contribution in [0.1, 0.15) is 21.5 Å². The highest BCUT2D eigenvalue weighted by Crippen LogP contribution is 2.18. The lowest BCUT2D eigenvalue weighted by Gasteiger charge is -2.10. The molecule has 0 aliphatic rings. The Morgan fingerprint density at radius 3 is 2.60 bits per heavy atom. The van der Waals surface area contributed by atoms with Gasteiger partial charge in [-0.15, -0.1) is 0 Å². The molecule has 0 unspecified atom stereocenters. The van der Waals surface area contributed by atoms with Crippen molar-refractivity contribution in [2.24, 2.45) is 0 Å². The summed E-state index contributed by atoms with van der Waals surface area (Å²) < 4.78 is 0. The zero-order valence-corrected chi connectivity index (χ0v) is 11.4. The zero-order valence-electron chi connectivity index (χ0n) is 11.4. The molecule has 102 valence electrons. The van der Waals surface area contributed by atoms with Gasteiger partial charge in [0.25, 0.3) is 5.91 Å². The van der Waals surface area contributed by atoms with E-state index in [1.54, 1.807) is 24.3 Å². The van der Waals surface area contributed by atoms with Gasteiger partial charge in [0.2, 0.25) is 6.41 Å². The Balaban J connectivity index is 2.19. The molecule has 2 N–H and O–H groups in total. The van der Waals surface area contributed by atoms with Crippen LogP contribution in [0.25, 0.3) is 0 Å². The Labute approximate surface area is 117 Å². The Hall–Kier alpha value is -2.62. The predicted octanol–water partition coefficient (Wildman–Crippen LogP) is 3.12. The SMILES string of the molecule is Cc1ccc(NC(=O)c2cccc(NC=O)c2)c(C)c1. The summed E-state index contributed by atoms with van der Waals surface area (Å²) in [5.74, 6) is -0.202. The van der Waals surface area contributed by atoms with E-state index in [0.717, 1.165) is 16.8 Å². The third kappa shape index (κ3) is 3.23. The Kier molecular flexibility index (Phi) is 4.15. The van der Waals surface area contributed by atoms with Crippen LogP contribution in [0.4, 0.5) is 11.4 Å². The van der Waals surface area contributed by atoms with Crippen molar-refractivity contribution in [1.29, 1.82) is 0 Å². The van der Waals surface area contributed by atoms with E-state index in [-0.39, 0.29) is 5.91 Å². The van der Waals surface area contributed by atoms with E-state index in [4.69, 9.17) is 0 Å². The zero-order chi connectivity index (χ0) is 14.5. The van der Waals surface area contributed by atoms with Gasteiger partial charge in [0.1, 0.15) is 0 Å². The largest absolute Gasteiger partial charge is 0.329 e. The molecule has 0 saturated heterocycles.